The highest BCUT2D eigenvalue weighted by Gasteiger charge is 2.30. The molecule has 1 aromatic rings. The Kier molecular flexibility index (Phi) is 2.48. The third kappa shape index (κ3) is 1.70. The second-order valence-corrected chi connectivity index (χ2v) is 3.58. The third-order valence-electron chi connectivity index (χ3n) is 2.43. The fourth-order valence-corrected chi connectivity index (χ4v) is 1.57. The van der Waals surface area contributed by atoms with E-state index >= 15 is 0 Å². The summed E-state index contributed by atoms with van der Waals surface area (Å²) in [6.07, 6.45) is 1.21. The summed E-state index contributed by atoms with van der Waals surface area (Å²) >= 11 is 0. The minimum absolute atomic E-state index is 0.200. The van der Waals surface area contributed by atoms with E-state index in [0.717, 1.165) is 11.0 Å². The van der Waals surface area contributed by atoms with Crippen LogP contribution in [0, 0.1) is 17.1 Å². The van der Waals surface area contributed by atoms with E-state index in [4.69, 9.17) is 5.26 Å². The SMILES string of the molecule is CC1=CC(=O)N(c2ccc(F)c(C#N)c2)C1=O. The Balaban J connectivity index is 2.47. The first-order valence-electron chi connectivity index (χ1n) is 4.81. The topological polar surface area (TPSA) is 61.2 Å². The van der Waals surface area contributed by atoms with E-state index < -0.39 is 17.6 Å². The summed E-state index contributed by atoms with van der Waals surface area (Å²) in [6, 6.07) is 5.18. The van der Waals surface area contributed by atoms with Gasteiger partial charge in [0.25, 0.3) is 11.8 Å². The number of carbonyl (C=O) groups excluding carboxylic acids is 2. The maximum atomic E-state index is 13.1. The summed E-state index contributed by atoms with van der Waals surface area (Å²) in [5, 5.41) is 8.68. The number of carbonyl (C=O) groups is 2. The molecule has 0 saturated heterocycles. The van der Waals surface area contributed by atoms with Crippen LogP contribution in [0.25, 0.3) is 0 Å². The number of rotatable bonds is 1. The summed E-state index contributed by atoms with van der Waals surface area (Å²) < 4.78 is 13.1. The molecule has 2 rings (SSSR count). The number of halogens is 1. The molecule has 0 unspecified atom stereocenters. The molecular weight excluding hydrogens is 223 g/mol. The molecule has 1 aromatic carbocycles. The van der Waals surface area contributed by atoms with Crippen molar-refractivity contribution in [3.05, 3.63) is 41.2 Å². The van der Waals surface area contributed by atoms with E-state index in [1.165, 1.54) is 25.1 Å². The quantitative estimate of drug-likeness (QED) is 0.687. The molecule has 0 atom stereocenters. The van der Waals surface area contributed by atoms with Crippen LogP contribution in [0.15, 0.2) is 29.8 Å². The zero-order chi connectivity index (χ0) is 12.6. The monoisotopic (exact) mass is 230 g/mol. The number of anilines is 1. The molecule has 1 heterocycles. The van der Waals surface area contributed by atoms with Gasteiger partial charge in [0.2, 0.25) is 0 Å². The van der Waals surface area contributed by atoms with E-state index in [0.29, 0.717) is 5.57 Å². The molecule has 17 heavy (non-hydrogen) atoms. The molecule has 1 aliphatic heterocycles. The van der Waals surface area contributed by atoms with Gasteiger partial charge in [-0.2, -0.15) is 5.26 Å². The molecule has 0 bridgehead atoms. The molecule has 0 fully saturated rings. The smallest absolute Gasteiger partial charge is 0.261 e. The lowest BCUT2D eigenvalue weighted by Crippen LogP contribution is -2.30. The fraction of sp³-hybridized carbons (Fsp3) is 0.0833. The Bertz CT molecular complexity index is 599. The number of hydrogen-bond acceptors (Lipinski definition) is 3. The van der Waals surface area contributed by atoms with Crippen LogP contribution < -0.4 is 4.90 Å². The lowest BCUT2D eigenvalue weighted by Gasteiger charge is -2.14. The van der Waals surface area contributed by atoms with Crippen molar-refractivity contribution in [3.8, 4) is 6.07 Å². The first kappa shape index (κ1) is 11.0. The van der Waals surface area contributed by atoms with Crippen molar-refractivity contribution in [1.82, 2.24) is 0 Å². The minimum atomic E-state index is -0.681. The normalized spacial score (nSPS) is 14.9. The molecule has 0 saturated carbocycles. The van der Waals surface area contributed by atoms with E-state index in [1.54, 1.807) is 6.07 Å². The van der Waals surface area contributed by atoms with Crippen LogP contribution in [0.3, 0.4) is 0 Å². The second kappa shape index (κ2) is 3.83. The number of nitriles is 1. The highest BCUT2D eigenvalue weighted by Crippen LogP contribution is 2.24. The molecule has 84 valence electrons. The van der Waals surface area contributed by atoms with Crippen LogP contribution in [-0.4, -0.2) is 11.8 Å². The van der Waals surface area contributed by atoms with Crippen molar-refractivity contribution >= 4 is 17.5 Å². The average molecular weight is 230 g/mol. The van der Waals surface area contributed by atoms with Gasteiger partial charge in [-0.1, -0.05) is 0 Å². The number of amides is 2. The number of nitrogens with zero attached hydrogens (tertiary/aromatic N) is 2. The van der Waals surface area contributed by atoms with Crippen LogP contribution >= 0.6 is 0 Å². The maximum Gasteiger partial charge on any atom is 0.261 e. The summed E-state index contributed by atoms with van der Waals surface area (Å²) in [6.45, 7) is 1.52. The first-order chi connectivity index (χ1) is 8.04. The Morgan fingerprint density at radius 3 is 2.59 bits per heavy atom. The van der Waals surface area contributed by atoms with Gasteiger partial charge >= 0.3 is 0 Å². The van der Waals surface area contributed by atoms with Gasteiger partial charge in [-0.3, -0.25) is 9.59 Å². The van der Waals surface area contributed by atoms with Crippen molar-refractivity contribution in [3.63, 3.8) is 0 Å². The third-order valence-corrected chi connectivity index (χ3v) is 2.43. The molecule has 0 aromatic heterocycles. The van der Waals surface area contributed by atoms with Crippen LogP contribution in [0.4, 0.5) is 10.1 Å². The molecule has 0 spiro atoms. The summed E-state index contributed by atoms with van der Waals surface area (Å²) in [4.78, 5) is 24.1. The van der Waals surface area contributed by atoms with Gasteiger partial charge in [-0.15, -0.1) is 0 Å². The summed E-state index contributed by atoms with van der Waals surface area (Å²) in [5.74, 6) is -1.62. The molecular formula is C12H7FN2O2. The lowest BCUT2D eigenvalue weighted by molar-refractivity contribution is -0.120. The van der Waals surface area contributed by atoms with Gasteiger partial charge in [-0.05, 0) is 25.1 Å². The van der Waals surface area contributed by atoms with Crippen molar-refractivity contribution in [2.75, 3.05) is 4.90 Å². The zero-order valence-corrected chi connectivity index (χ0v) is 8.90. The van der Waals surface area contributed by atoms with E-state index in [1.807, 2.05) is 0 Å². The Morgan fingerprint density at radius 1 is 1.35 bits per heavy atom. The number of hydrogen-bond donors (Lipinski definition) is 0. The van der Waals surface area contributed by atoms with Crippen LogP contribution in [0.2, 0.25) is 0 Å². The molecule has 5 heteroatoms. The molecule has 4 nitrogen and oxygen atoms in total. The lowest BCUT2D eigenvalue weighted by atomic mass is 10.2. The molecule has 2 amide bonds. The average Bonchev–Trinajstić information content (AvgIpc) is 2.55. The predicted molar refractivity (Wildman–Crippen MR) is 57.4 cm³/mol. The van der Waals surface area contributed by atoms with Gasteiger partial charge in [0.15, 0.2) is 0 Å². The second-order valence-electron chi connectivity index (χ2n) is 3.58. The minimum Gasteiger partial charge on any atom is -0.269 e. The van der Waals surface area contributed by atoms with Gasteiger partial charge < -0.3 is 0 Å². The van der Waals surface area contributed by atoms with Crippen LogP contribution in [-0.2, 0) is 9.59 Å². The Hall–Kier alpha value is -2.48. The molecule has 0 radical (unpaired) electrons. The van der Waals surface area contributed by atoms with Gasteiger partial charge in [-0.25, -0.2) is 9.29 Å². The van der Waals surface area contributed by atoms with Gasteiger partial charge in [0, 0.05) is 11.6 Å². The van der Waals surface area contributed by atoms with Crippen molar-refractivity contribution in [1.29, 1.82) is 5.26 Å². The maximum absolute atomic E-state index is 13.1. The standard InChI is InChI=1S/C12H7FN2O2/c1-7-4-11(16)15(12(7)17)9-2-3-10(13)8(5-9)6-14/h2-5H,1H3. The molecule has 0 aliphatic carbocycles. The summed E-state index contributed by atoms with van der Waals surface area (Å²) in [7, 11) is 0. The first-order valence-corrected chi connectivity index (χ1v) is 4.81. The molecule has 0 N–H and O–H groups in total. The van der Waals surface area contributed by atoms with Crippen LogP contribution in [0.1, 0.15) is 12.5 Å². The summed E-state index contributed by atoms with van der Waals surface area (Å²) in [5.41, 5.74) is 0.316. The van der Waals surface area contributed by atoms with Crippen molar-refractivity contribution in [2.45, 2.75) is 6.92 Å². The van der Waals surface area contributed by atoms with E-state index in [9.17, 15) is 14.0 Å². The van der Waals surface area contributed by atoms with Gasteiger partial charge in [0.05, 0.1) is 11.3 Å². The predicted octanol–water partition coefficient (Wildman–Crippen LogP) is 1.52. The molecule has 1 aliphatic rings. The zero-order valence-electron chi connectivity index (χ0n) is 8.90. The number of imide groups is 1. The van der Waals surface area contributed by atoms with E-state index in [-0.39, 0.29) is 11.3 Å². The fourth-order valence-electron chi connectivity index (χ4n) is 1.57. The van der Waals surface area contributed by atoms with E-state index in [2.05, 4.69) is 0 Å². The Morgan fingerprint density at radius 2 is 2.06 bits per heavy atom. The largest absolute Gasteiger partial charge is 0.269 e. The highest BCUT2D eigenvalue weighted by atomic mass is 19.1. The number of benzene rings is 1. The highest BCUT2D eigenvalue weighted by molar-refractivity contribution is 6.30. The van der Waals surface area contributed by atoms with Gasteiger partial charge in [0.1, 0.15) is 11.9 Å². The van der Waals surface area contributed by atoms with Crippen LogP contribution in [0.5, 0.6) is 0 Å². The van der Waals surface area contributed by atoms with Crippen molar-refractivity contribution in [2.24, 2.45) is 0 Å². The van der Waals surface area contributed by atoms with Crippen molar-refractivity contribution < 1.29 is 14.0 Å². The Labute approximate surface area is 96.6 Å².